The Labute approximate surface area is 310 Å². The monoisotopic (exact) mass is 766 g/mol. The molecule has 2 heterocycles. The summed E-state index contributed by atoms with van der Waals surface area (Å²) in [5.74, 6) is 0. The zero-order valence-corrected chi connectivity index (χ0v) is 30.8. The van der Waals surface area contributed by atoms with Crippen LogP contribution in [0.4, 0.5) is 0 Å². The van der Waals surface area contributed by atoms with Gasteiger partial charge in [-0.25, -0.2) is 9.36 Å². The van der Waals surface area contributed by atoms with Gasteiger partial charge >= 0.3 is 5.69 Å². The molecule has 14 heteroatoms. The minimum absolute atomic E-state index is 0.0434. The maximum atomic E-state index is 14.0. The van der Waals surface area contributed by atoms with Gasteiger partial charge in [-0.1, -0.05) is 88.9 Å². The van der Waals surface area contributed by atoms with Crippen molar-refractivity contribution in [2.24, 2.45) is 0 Å². The van der Waals surface area contributed by atoms with Crippen molar-refractivity contribution in [3.05, 3.63) is 136 Å². The SMILES string of the molecule is CO[C@H](C)CO[C@@H]1[C@H](OCc2ccc(Cl)cc2Cl)[C@@H](COCc2ccc(Cl)cc2Cl)O[C@H]1n1cc(C)c(=O)n(COCc2ccccc2)c1=O. The minimum Gasteiger partial charge on any atom is -0.379 e. The van der Waals surface area contributed by atoms with E-state index in [1.807, 2.05) is 37.3 Å². The molecule has 0 amide bonds. The Kier molecular flexibility index (Phi) is 14.0. The molecule has 1 aliphatic rings. The van der Waals surface area contributed by atoms with Crippen LogP contribution in [0.1, 0.15) is 35.4 Å². The second kappa shape index (κ2) is 18.1. The van der Waals surface area contributed by atoms with Gasteiger partial charge < -0.3 is 28.4 Å². The molecule has 3 aromatic carbocycles. The lowest BCUT2D eigenvalue weighted by molar-refractivity contribution is -0.106. The molecule has 0 bridgehead atoms. The summed E-state index contributed by atoms with van der Waals surface area (Å²) in [5.41, 5.74) is 1.51. The Balaban J connectivity index is 1.46. The maximum Gasteiger partial charge on any atom is 0.335 e. The van der Waals surface area contributed by atoms with Crippen LogP contribution < -0.4 is 11.2 Å². The van der Waals surface area contributed by atoms with Crippen LogP contribution in [0, 0.1) is 6.92 Å². The average molecular weight is 769 g/mol. The molecule has 1 aliphatic heterocycles. The molecule has 0 saturated carbocycles. The van der Waals surface area contributed by atoms with Crippen LogP contribution in [0.2, 0.25) is 20.1 Å². The highest BCUT2D eigenvalue weighted by molar-refractivity contribution is 6.35. The third-order valence-electron chi connectivity index (χ3n) is 8.19. The van der Waals surface area contributed by atoms with E-state index in [-0.39, 0.29) is 45.9 Å². The molecule has 1 fully saturated rings. The molecular formula is C36H38Cl4N2O8. The van der Waals surface area contributed by atoms with Crippen LogP contribution in [-0.4, -0.2) is 53.9 Å². The van der Waals surface area contributed by atoms with Crippen molar-refractivity contribution in [1.82, 2.24) is 9.13 Å². The first-order valence-corrected chi connectivity index (χ1v) is 17.4. The van der Waals surface area contributed by atoms with Crippen molar-refractivity contribution in [3.63, 3.8) is 0 Å². The van der Waals surface area contributed by atoms with Crippen LogP contribution in [0.5, 0.6) is 0 Å². The van der Waals surface area contributed by atoms with Crippen molar-refractivity contribution in [2.45, 2.75) is 71.0 Å². The molecule has 1 aromatic heterocycles. The van der Waals surface area contributed by atoms with Crippen LogP contribution in [0.3, 0.4) is 0 Å². The summed E-state index contributed by atoms with van der Waals surface area (Å²) in [6, 6.07) is 19.7. The van der Waals surface area contributed by atoms with Gasteiger partial charge in [0.05, 0.1) is 39.1 Å². The van der Waals surface area contributed by atoms with E-state index in [0.29, 0.717) is 31.2 Å². The van der Waals surface area contributed by atoms with E-state index in [1.165, 1.54) is 10.8 Å². The summed E-state index contributed by atoms with van der Waals surface area (Å²) in [7, 11) is 1.57. The number of methoxy groups -OCH3 is 1. The molecule has 0 radical (unpaired) electrons. The number of hydrogen-bond acceptors (Lipinski definition) is 8. The largest absolute Gasteiger partial charge is 0.379 e. The van der Waals surface area contributed by atoms with Gasteiger partial charge in [-0.2, -0.15) is 0 Å². The van der Waals surface area contributed by atoms with Crippen molar-refractivity contribution >= 4 is 46.4 Å². The van der Waals surface area contributed by atoms with Crippen LogP contribution >= 0.6 is 46.4 Å². The Morgan fingerprint density at radius 3 is 2.12 bits per heavy atom. The van der Waals surface area contributed by atoms with E-state index in [2.05, 4.69) is 0 Å². The predicted molar refractivity (Wildman–Crippen MR) is 192 cm³/mol. The molecule has 10 nitrogen and oxygen atoms in total. The minimum atomic E-state index is -1.02. The number of aromatic nitrogens is 2. The van der Waals surface area contributed by atoms with Gasteiger partial charge in [-0.05, 0) is 54.8 Å². The molecule has 0 spiro atoms. The van der Waals surface area contributed by atoms with E-state index in [0.717, 1.165) is 15.7 Å². The number of aryl methyl sites for hydroxylation is 1. The van der Waals surface area contributed by atoms with Gasteiger partial charge in [0, 0.05) is 39.0 Å². The number of benzene rings is 3. The Bertz CT molecular complexity index is 1850. The molecule has 0 N–H and O–H groups in total. The van der Waals surface area contributed by atoms with Gasteiger partial charge in [0.1, 0.15) is 25.0 Å². The van der Waals surface area contributed by atoms with E-state index < -0.39 is 35.8 Å². The van der Waals surface area contributed by atoms with Crippen molar-refractivity contribution in [2.75, 3.05) is 20.3 Å². The average Bonchev–Trinajstić information content (AvgIpc) is 3.44. The van der Waals surface area contributed by atoms with Crippen LogP contribution in [0.25, 0.3) is 0 Å². The fourth-order valence-electron chi connectivity index (χ4n) is 5.39. The maximum absolute atomic E-state index is 14.0. The van der Waals surface area contributed by atoms with Crippen molar-refractivity contribution in [1.29, 1.82) is 0 Å². The Hall–Kier alpha value is -2.74. The normalized spacial score (nSPS) is 19.6. The molecule has 50 heavy (non-hydrogen) atoms. The summed E-state index contributed by atoms with van der Waals surface area (Å²) in [6.45, 7) is 3.85. The Morgan fingerprint density at radius 2 is 1.48 bits per heavy atom. The zero-order valence-electron chi connectivity index (χ0n) is 27.7. The Morgan fingerprint density at radius 1 is 0.820 bits per heavy atom. The highest BCUT2D eigenvalue weighted by Gasteiger charge is 2.48. The van der Waals surface area contributed by atoms with Crippen LogP contribution in [0.15, 0.2) is 82.5 Å². The topological polar surface area (TPSA) is 99.4 Å². The van der Waals surface area contributed by atoms with Crippen molar-refractivity contribution < 1.29 is 28.4 Å². The standard InChI is InChI=1S/C36H38Cl4N2O8/c1-22-15-41(36(44)42(34(22)43)21-47-17-24-7-5-4-6-8-24)35-33(48-16-23(2)45-3)32(49-19-26-10-12-28(38)14-30(26)40)31(50-35)20-46-18-25-9-11-27(37)13-29(25)39/h4-15,23,31-33,35H,16-21H2,1-3H3/t23-,31-,32-,33-,35-/m1/s1. The molecule has 5 atom stereocenters. The molecule has 268 valence electrons. The first-order chi connectivity index (χ1) is 24.0. The number of nitrogens with zero attached hydrogens (tertiary/aromatic N) is 2. The van der Waals surface area contributed by atoms with Crippen molar-refractivity contribution in [3.8, 4) is 0 Å². The lowest BCUT2D eigenvalue weighted by Gasteiger charge is -2.27. The second-order valence-electron chi connectivity index (χ2n) is 11.9. The third kappa shape index (κ3) is 9.77. The highest BCUT2D eigenvalue weighted by Crippen LogP contribution is 2.35. The smallest absolute Gasteiger partial charge is 0.335 e. The van der Waals surface area contributed by atoms with Crippen LogP contribution in [-0.2, 0) is 55.0 Å². The van der Waals surface area contributed by atoms with Gasteiger partial charge in [0.15, 0.2) is 6.23 Å². The summed E-state index contributed by atoms with van der Waals surface area (Å²) >= 11 is 25.1. The van der Waals surface area contributed by atoms with E-state index in [1.54, 1.807) is 50.4 Å². The number of hydrogen-bond donors (Lipinski definition) is 0. The van der Waals surface area contributed by atoms with Gasteiger partial charge in [-0.15, -0.1) is 0 Å². The molecule has 1 saturated heterocycles. The quantitative estimate of drug-likeness (QED) is 0.118. The fourth-order valence-corrected chi connectivity index (χ4v) is 6.32. The molecule has 0 unspecified atom stereocenters. The molecule has 0 aliphatic carbocycles. The van der Waals surface area contributed by atoms with Gasteiger partial charge in [0.2, 0.25) is 0 Å². The first kappa shape index (κ1) is 38.5. The predicted octanol–water partition coefficient (Wildman–Crippen LogP) is 7.23. The summed E-state index contributed by atoms with van der Waals surface area (Å²) in [4.78, 5) is 27.2. The van der Waals surface area contributed by atoms with Gasteiger partial charge in [-0.3, -0.25) is 9.36 Å². The molecule has 5 rings (SSSR count). The van der Waals surface area contributed by atoms with E-state index in [4.69, 9.17) is 74.8 Å². The second-order valence-corrected chi connectivity index (χ2v) is 13.6. The number of halogens is 4. The number of rotatable bonds is 16. The number of ether oxygens (including phenoxy) is 6. The first-order valence-electron chi connectivity index (χ1n) is 15.9. The molecular weight excluding hydrogens is 730 g/mol. The fraction of sp³-hybridized carbons (Fsp3) is 0.389. The third-order valence-corrected chi connectivity index (χ3v) is 9.36. The lowest BCUT2D eigenvalue weighted by Crippen LogP contribution is -2.46. The van der Waals surface area contributed by atoms with E-state index in [9.17, 15) is 9.59 Å². The zero-order chi connectivity index (χ0) is 35.8. The van der Waals surface area contributed by atoms with E-state index >= 15 is 0 Å². The highest BCUT2D eigenvalue weighted by atomic mass is 35.5. The molecule has 4 aromatic rings. The summed E-state index contributed by atoms with van der Waals surface area (Å²) in [6.07, 6.45) is -2.20. The lowest BCUT2D eigenvalue weighted by atomic mass is 10.1. The van der Waals surface area contributed by atoms with Gasteiger partial charge in [0.25, 0.3) is 5.56 Å². The summed E-state index contributed by atoms with van der Waals surface area (Å²) in [5, 5.41) is 1.88. The summed E-state index contributed by atoms with van der Waals surface area (Å²) < 4.78 is 39.2.